The van der Waals surface area contributed by atoms with Crippen molar-refractivity contribution in [2.45, 2.75) is 19.4 Å². The van der Waals surface area contributed by atoms with E-state index in [1.165, 1.54) is 0 Å². The van der Waals surface area contributed by atoms with Gasteiger partial charge in [0.1, 0.15) is 0 Å². The van der Waals surface area contributed by atoms with E-state index < -0.39 is 0 Å². The zero-order valence-electron chi connectivity index (χ0n) is 11.7. The number of nitrogens with two attached hydrogens (primary N) is 1. The van der Waals surface area contributed by atoms with E-state index in [2.05, 4.69) is 15.1 Å². The number of carbonyl (C=O) groups excluding carboxylic acids is 1. The van der Waals surface area contributed by atoms with Crippen LogP contribution < -0.4 is 10.6 Å². The van der Waals surface area contributed by atoms with Crippen LogP contribution in [0.4, 0.5) is 11.6 Å². The van der Waals surface area contributed by atoms with Crippen molar-refractivity contribution in [3.8, 4) is 0 Å². The number of hydrogen-bond acceptors (Lipinski definition) is 5. The van der Waals surface area contributed by atoms with Gasteiger partial charge in [0.25, 0.3) is 0 Å². The van der Waals surface area contributed by atoms with Gasteiger partial charge in [0.2, 0.25) is 11.9 Å². The molecule has 3 atom stereocenters. The van der Waals surface area contributed by atoms with E-state index in [9.17, 15) is 4.79 Å². The number of nitrogen functional groups attached to an aromatic ring is 1. The van der Waals surface area contributed by atoms with Crippen LogP contribution in [0.5, 0.6) is 0 Å². The molecule has 1 aliphatic carbocycles. The van der Waals surface area contributed by atoms with Crippen LogP contribution in [-0.4, -0.2) is 32.2 Å². The van der Waals surface area contributed by atoms with E-state index in [0.717, 1.165) is 18.5 Å². The lowest BCUT2D eigenvalue weighted by Crippen LogP contribution is -2.29. The molecule has 0 aromatic carbocycles. The second kappa shape index (κ2) is 4.28. The van der Waals surface area contributed by atoms with Gasteiger partial charge in [-0.05, 0) is 19.3 Å². The quantitative estimate of drug-likeness (QED) is 0.902. The van der Waals surface area contributed by atoms with Crippen molar-refractivity contribution in [2.75, 3.05) is 17.2 Å². The molecule has 2 fully saturated rings. The number of amides is 1. The zero-order chi connectivity index (χ0) is 14.6. The Kier molecular flexibility index (Phi) is 2.51. The van der Waals surface area contributed by atoms with Gasteiger partial charge in [0.15, 0.2) is 0 Å². The smallest absolute Gasteiger partial charge is 0.232 e. The summed E-state index contributed by atoms with van der Waals surface area (Å²) in [5.41, 5.74) is 7.23. The van der Waals surface area contributed by atoms with Crippen LogP contribution in [0, 0.1) is 11.8 Å². The molecule has 1 aliphatic heterocycles. The molecule has 7 nitrogen and oxygen atoms in total. The highest BCUT2D eigenvalue weighted by Gasteiger charge is 2.53. The molecule has 108 valence electrons. The standard InChI is InChI=1S/C14H16N6O/c1-8(20-7-11(15)5-18-20)10-3-16-14(17-4-10)19-6-9-2-12(9)13(19)21/h3-5,7-9,12H,2,6,15H2,1H3/t8-,9+,12+/m0/s1. The monoisotopic (exact) mass is 284 g/mol. The van der Waals surface area contributed by atoms with Gasteiger partial charge < -0.3 is 5.73 Å². The number of carbonyl (C=O) groups is 1. The lowest BCUT2D eigenvalue weighted by atomic mass is 10.2. The lowest BCUT2D eigenvalue weighted by molar-refractivity contribution is -0.118. The van der Waals surface area contributed by atoms with Crippen molar-refractivity contribution in [2.24, 2.45) is 11.8 Å². The van der Waals surface area contributed by atoms with Gasteiger partial charge in [0.05, 0.1) is 17.9 Å². The summed E-state index contributed by atoms with van der Waals surface area (Å²) < 4.78 is 1.77. The fourth-order valence-corrected chi connectivity index (χ4v) is 2.86. The van der Waals surface area contributed by atoms with E-state index in [-0.39, 0.29) is 17.9 Å². The molecule has 3 heterocycles. The fraction of sp³-hybridized carbons (Fsp3) is 0.429. The summed E-state index contributed by atoms with van der Waals surface area (Å²) in [5, 5.41) is 4.19. The molecular formula is C14H16N6O. The molecule has 0 radical (unpaired) electrons. The van der Waals surface area contributed by atoms with Crippen LogP contribution >= 0.6 is 0 Å². The van der Waals surface area contributed by atoms with Crippen LogP contribution in [0.2, 0.25) is 0 Å². The molecule has 1 saturated carbocycles. The molecule has 0 unspecified atom stereocenters. The molecule has 21 heavy (non-hydrogen) atoms. The van der Waals surface area contributed by atoms with E-state index in [0.29, 0.717) is 17.6 Å². The Balaban J connectivity index is 1.55. The van der Waals surface area contributed by atoms with Crippen molar-refractivity contribution < 1.29 is 4.79 Å². The first-order chi connectivity index (χ1) is 10.1. The highest BCUT2D eigenvalue weighted by Crippen LogP contribution is 2.46. The summed E-state index contributed by atoms with van der Waals surface area (Å²) in [5.74, 6) is 1.41. The SMILES string of the molecule is C[C@@H](c1cnc(N2C[C@H]3C[C@H]3C2=O)nc1)n1cc(N)cn1. The number of rotatable bonds is 3. The van der Waals surface area contributed by atoms with Crippen LogP contribution in [0.1, 0.15) is 24.9 Å². The van der Waals surface area contributed by atoms with Gasteiger partial charge in [0, 0.05) is 36.6 Å². The summed E-state index contributed by atoms with van der Waals surface area (Å²) >= 11 is 0. The van der Waals surface area contributed by atoms with Crippen LogP contribution in [0.25, 0.3) is 0 Å². The topological polar surface area (TPSA) is 89.9 Å². The van der Waals surface area contributed by atoms with Gasteiger partial charge in [-0.15, -0.1) is 0 Å². The predicted octanol–water partition coefficient (Wildman–Crippen LogP) is 0.847. The summed E-state index contributed by atoms with van der Waals surface area (Å²) in [7, 11) is 0. The Morgan fingerprint density at radius 2 is 2.10 bits per heavy atom. The Morgan fingerprint density at radius 1 is 1.33 bits per heavy atom. The molecule has 0 spiro atoms. The molecule has 1 saturated heterocycles. The third kappa shape index (κ3) is 1.96. The number of piperidine rings is 1. The molecule has 2 aliphatic rings. The van der Waals surface area contributed by atoms with Crippen LogP contribution in [0.3, 0.4) is 0 Å². The molecule has 2 N–H and O–H groups in total. The Hall–Kier alpha value is -2.44. The minimum atomic E-state index is -0.000896. The second-order valence-electron chi connectivity index (χ2n) is 5.80. The normalized spacial score (nSPS) is 25.0. The van der Waals surface area contributed by atoms with Crippen LogP contribution in [0.15, 0.2) is 24.8 Å². The first-order valence-corrected chi connectivity index (χ1v) is 7.06. The maximum Gasteiger partial charge on any atom is 0.232 e. The average molecular weight is 284 g/mol. The first-order valence-electron chi connectivity index (χ1n) is 7.06. The molecule has 1 amide bonds. The van der Waals surface area contributed by atoms with Crippen molar-refractivity contribution in [3.05, 3.63) is 30.4 Å². The van der Waals surface area contributed by atoms with Gasteiger partial charge in [-0.2, -0.15) is 5.10 Å². The maximum absolute atomic E-state index is 12.0. The van der Waals surface area contributed by atoms with Gasteiger partial charge in [-0.1, -0.05) is 0 Å². The Bertz CT molecular complexity index is 694. The zero-order valence-corrected chi connectivity index (χ0v) is 11.7. The molecule has 2 aromatic heterocycles. The highest BCUT2D eigenvalue weighted by atomic mass is 16.2. The Morgan fingerprint density at radius 3 is 2.67 bits per heavy atom. The van der Waals surface area contributed by atoms with Crippen LogP contribution in [-0.2, 0) is 4.79 Å². The van der Waals surface area contributed by atoms with Crippen molar-refractivity contribution in [1.29, 1.82) is 0 Å². The van der Waals surface area contributed by atoms with E-state index in [4.69, 9.17) is 5.73 Å². The number of nitrogens with zero attached hydrogens (tertiary/aromatic N) is 5. The highest BCUT2D eigenvalue weighted by molar-refractivity contribution is 5.98. The minimum Gasteiger partial charge on any atom is -0.396 e. The third-order valence-corrected chi connectivity index (χ3v) is 4.32. The van der Waals surface area contributed by atoms with E-state index >= 15 is 0 Å². The van der Waals surface area contributed by atoms with Crippen molar-refractivity contribution in [1.82, 2.24) is 19.7 Å². The van der Waals surface area contributed by atoms with Crippen molar-refractivity contribution >= 4 is 17.5 Å². The summed E-state index contributed by atoms with van der Waals surface area (Å²) in [6.45, 7) is 2.76. The van der Waals surface area contributed by atoms with Gasteiger partial charge in [-0.25, -0.2) is 9.97 Å². The summed E-state index contributed by atoms with van der Waals surface area (Å²) in [6.07, 6.45) is 7.92. The van der Waals surface area contributed by atoms with Crippen molar-refractivity contribution in [3.63, 3.8) is 0 Å². The lowest BCUT2D eigenvalue weighted by Gasteiger charge is -2.17. The predicted molar refractivity (Wildman–Crippen MR) is 76.4 cm³/mol. The Labute approximate surface area is 121 Å². The van der Waals surface area contributed by atoms with Gasteiger partial charge >= 0.3 is 0 Å². The summed E-state index contributed by atoms with van der Waals surface area (Å²) in [4.78, 5) is 22.4. The fourth-order valence-electron chi connectivity index (χ4n) is 2.86. The third-order valence-electron chi connectivity index (χ3n) is 4.32. The van der Waals surface area contributed by atoms with E-state index in [1.807, 2.05) is 6.92 Å². The molecule has 7 heteroatoms. The molecule has 2 aromatic rings. The molecular weight excluding hydrogens is 268 g/mol. The van der Waals surface area contributed by atoms with E-state index in [1.54, 1.807) is 34.4 Å². The number of aromatic nitrogens is 4. The largest absolute Gasteiger partial charge is 0.396 e. The average Bonchev–Trinajstić information content (AvgIpc) is 3.03. The molecule has 0 bridgehead atoms. The first kappa shape index (κ1) is 12.3. The summed E-state index contributed by atoms with van der Waals surface area (Å²) in [6, 6.07) is -0.000896. The maximum atomic E-state index is 12.0. The number of hydrogen-bond donors (Lipinski definition) is 1. The van der Waals surface area contributed by atoms with Gasteiger partial charge in [-0.3, -0.25) is 14.4 Å². The minimum absolute atomic E-state index is 0.000896. The number of anilines is 2. The number of fused-ring (bicyclic) bond motifs is 1. The second-order valence-corrected chi connectivity index (χ2v) is 5.80. The molecule has 4 rings (SSSR count).